The summed E-state index contributed by atoms with van der Waals surface area (Å²) < 4.78 is 1.39. The van der Waals surface area contributed by atoms with Gasteiger partial charge in [-0.15, -0.1) is 0 Å². The molecule has 1 rings (SSSR count). The van der Waals surface area contributed by atoms with E-state index in [1.807, 2.05) is 0 Å². The van der Waals surface area contributed by atoms with Gasteiger partial charge in [0.2, 0.25) is 5.24 Å². The Morgan fingerprint density at radius 3 is 2.75 bits per heavy atom. The maximum absolute atomic E-state index is 11.6. The van der Waals surface area contributed by atoms with Gasteiger partial charge in [0.1, 0.15) is 5.69 Å². The Morgan fingerprint density at radius 1 is 1.56 bits per heavy atom. The van der Waals surface area contributed by atoms with Gasteiger partial charge in [0, 0.05) is 20.0 Å². The molecule has 0 fully saturated rings. The first-order chi connectivity index (χ1) is 7.52. The largest absolute Gasteiger partial charge is 0.351 e. The third-order valence-corrected chi connectivity index (χ3v) is 2.41. The molecule has 1 aromatic heterocycles. The van der Waals surface area contributed by atoms with Gasteiger partial charge in [-0.1, -0.05) is 11.6 Å². The van der Waals surface area contributed by atoms with Crippen molar-refractivity contribution in [2.75, 3.05) is 6.54 Å². The second-order valence-electron chi connectivity index (χ2n) is 3.18. The fourth-order valence-electron chi connectivity index (χ4n) is 1.18. The molecule has 0 spiro atoms. The lowest BCUT2D eigenvalue weighted by atomic mass is 10.3. The van der Waals surface area contributed by atoms with Gasteiger partial charge in [0.25, 0.3) is 5.91 Å². The molecule has 1 heterocycles. The van der Waals surface area contributed by atoms with Crippen LogP contribution in [0.1, 0.15) is 23.3 Å². The van der Waals surface area contributed by atoms with Crippen molar-refractivity contribution in [1.82, 2.24) is 15.1 Å². The average molecular weight is 264 g/mol. The first kappa shape index (κ1) is 13.0. The molecule has 5 nitrogen and oxygen atoms in total. The number of nitrogens with zero attached hydrogens (tertiary/aromatic N) is 2. The van der Waals surface area contributed by atoms with Crippen molar-refractivity contribution in [3.05, 3.63) is 16.9 Å². The topological polar surface area (TPSA) is 64.0 Å². The Hall–Kier alpha value is -1.07. The third kappa shape index (κ3) is 3.50. The SMILES string of the molecule is Cn1ncc(Cl)c1C(=O)NCCCC(=O)Cl. The van der Waals surface area contributed by atoms with Crippen LogP contribution in [-0.4, -0.2) is 27.5 Å². The lowest BCUT2D eigenvalue weighted by molar-refractivity contribution is -0.111. The minimum atomic E-state index is -0.409. The normalized spacial score (nSPS) is 10.2. The molecule has 1 amide bonds. The number of nitrogens with one attached hydrogen (secondary N) is 1. The molecule has 16 heavy (non-hydrogen) atoms. The van der Waals surface area contributed by atoms with E-state index in [2.05, 4.69) is 10.4 Å². The quantitative estimate of drug-likeness (QED) is 0.645. The van der Waals surface area contributed by atoms with Crippen molar-refractivity contribution in [2.24, 2.45) is 7.05 Å². The Kier molecular flexibility index (Phi) is 4.76. The minimum Gasteiger partial charge on any atom is -0.351 e. The van der Waals surface area contributed by atoms with Crippen LogP contribution in [0.15, 0.2) is 6.20 Å². The second kappa shape index (κ2) is 5.86. The molecule has 1 N–H and O–H groups in total. The van der Waals surface area contributed by atoms with E-state index in [4.69, 9.17) is 23.2 Å². The van der Waals surface area contributed by atoms with Crippen molar-refractivity contribution < 1.29 is 9.59 Å². The van der Waals surface area contributed by atoms with E-state index in [1.54, 1.807) is 7.05 Å². The van der Waals surface area contributed by atoms with Crippen LogP contribution in [0.3, 0.4) is 0 Å². The molecular formula is C9H11Cl2N3O2. The van der Waals surface area contributed by atoms with E-state index in [-0.39, 0.29) is 12.3 Å². The van der Waals surface area contributed by atoms with Gasteiger partial charge in [0.15, 0.2) is 0 Å². The molecule has 0 aliphatic rings. The average Bonchev–Trinajstić information content (AvgIpc) is 2.53. The Labute approximate surface area is 103 Å². The second-order valence-corrected chi connectivity index (χ2v) is 4.01. The van der Waals surface area contributed by atoms with Gasteiger partial charge in [-0.05, 0) is 18.0 Å². The molecule has 7 heteroatoms. The van der Waals surface area contributed by atoms with E-state index < -0.39 is 5.24 Å². The van der Waals surface area contributed by atoms with Crippen molar-refractivity contribution in [3.8, 4) is 0 Å². The van der Waals surface area contributed by atoms with Gasteiger partial charge in [0.05, 0.1) is 11.2 Å². The number of hydrogen-bond acceptors (Lipinski definition) is 3. The lowest BCUT2D eigenvalue weighted by Gasteiger charge is -2.04. The summed E-state index contributed by atoms with van der Waals surface area (Å²) in [5.74, 6) is -0.313. The number of rotatable bonds is 5. The molecule has 0 unspecified atom stereocenters. The van der Waals surface area contributed by atoms with Crippen molar-refractivity contribution >= 4 is 34.4 Å². The van der Waals surface area contributed by atoms with E-state index in [0.717, 1.165) is 0 Å². The standard InChI is InChI=1S/C9H11Cl2N3O2/c1-14-8(6(10)5-13-14)9(16)12-4-2-3-7(11)15/h5H,2-4H2,1H3,(H,12,16). The molecule has 0 aliphatic carbocycles. The fourth-order valence-corrected chi connectivity index (χ4v) is 1.56. The number of carbonyl (C=O) groups is 2. The zero-order chi connectivity index (χ0) is 12.1. The number of halogens is 2. The lowest BCUT2D eigenvalue weighted by Crippen LogP contribution is -2.27. The van der Waals surface area contributed by atoms with Gasteiger partial charge in [-0.25, -0.2) is 0 Å². The van der Waals surface area contributed by atoms with Crippen molar-refractivity contribution in [2.45, 2.75) is 12.8 Å². The summed E-state index contributed by atoms with van der Waals surface area (Å²) in [5.41, 5.74) is 0.305. The predicted molar refractivity (Wildman–Crippen MR) is 60.6 cm³/mol. The zero-order valence-corrected chi connectivity index (χ0v) is 10.2. The van der Waals surface area contributed by atoms with Crippen LogP contribution >= 0.6 is 23.2 Å². The maximum atomic E-state index is 11.6. The van der Waals surface area contributed by atoms with Crippen LogP contribution in [0.4, 0.5) is 0 Å². The van der Waals surface area contributed by atoms with E-state index >= 15 is 0 Å². The molecule has 1 aromatic rings. The van der Waals surface area contributed by atoms with Gasteiger partial charge < -0.3 is 5.32 Å². The number of amides is 1. The maximum Gasteiger partial charge on any atom is 0.271 e. The molecule has 0 bridgehead atoms. The zero-order valence-electron chi connectivity index (χ0n) is 8.67. The monoisotopic (exact) mass is 263 g/mol. The summed E-state index contributed by atoms with van der Waals surface area (Å²) in [6, 6.07) is 0. The number of hydrogen-bond donors (Lipinski definition) is 1. The highest BCUT2D eigenvalue weighted by molar-refractivity contribution is 6.63. The van der Waals surface area contributed by atoms with Crippen LogP contribution in [0, 0.1) is 0 Å². The highest BCUT2D eigenvalue weighted by Gasteiger charge is 2.14. The number of carbonyl (C=O) groups excluding carboxylic acids is 2. The highest BCUT2D eigenvalue weighted by Crippen LogP contribution is 2.13. The van der Waals surface area contributed by atoms with Gasteiger partial charge in [-0.3, -0.25) is 14.3 Å². The molecule has 0 aromatic carbocycles. The number of aryl methyl sites for hydroxylation is 1. The Morgan fingerprint density at radius 2 is 2.25 bits per heavy atom. The smallest absolute Gasteiger partial charge is 0.271 e. The summed E-state index contributed by atoms with van der Waals surface area (Å²) >= 11 is 10.9. The van der Waals surface area contributed by atoms with Crippen LogP contribution < -0.4 is 5.32 Å². The summed E-state index contributed by atoms with van der Waals surface area (Å²) in [6.45, 7) is 0.374. The Balaban J connectivity index is 2.44. The molecule has 0 atom stereocenters. The van der Waals surface area contributed by atoms with Gasteiger partial charge >= 0.3 is 0 Å². The summed E-state index contributed by atoms with van der Waals surface area (Å²) in [5, 5.41) is 6.36. The molecule has 0 aliphatic heterocycles. The third-order valence-electron chi connectivity index (χ3n) is 1.94. The molecule has 0 radical (unpaired) electrons. The minimum absolute atomic E-state index is 0.237. The fraction of sp³-hybridized carbons (Fsp3) is 0.444. The van der Waals surface area contributed by atoms with Crippen molar-refractivity contribution in [1.29, 1.82) is 0 Å². The molecular weight excluding hydrogens is 253 g/mol. The van der Waals surface area contributed by atoms with Gasteiger partial charge in [-0.2, -0.15) is 5.10 Å². The summed E-state index contributed by atoms with van der Waals surface area (Å²) in [7, 11) is 1.63. The molecule has 0 saturated heterocycles. The van der Waals surface area contributed by atoms with Crippen molar-refractivity contribution in [3.63, 3.8) is 0 Å². The van der Waals surface area contributed by atoms with Crippen LogP contribution in [0.25, 0.3) is 0 Å². The van der Waals surface area contributed by atoms with Crippen LogP contribution in [-0.2, 0) is 11.8 Å². The summed E-state index contributed by atoms with van der Waals surface area (Å²) in [6.07, 6.45) is 2.14. The van der Waals surface area contributed by atoms with Crippen LogP contribution in [0.5, 0.6) is 0 Å². The predicted octanol–water partition coefficient (Wildman–Crippen LogP) is 1.35. The summed E-state index contributed by atoms with van der Waals surface area (Å²) in [4.78, 5) is 22.1. The van der Waals surface area contributed by atoms with E-state index in [0.29, 0.717) is 23.7 Å². The Bertz CT molecular complexity index is 384. The molecule has 0 saturated carbocycles. The van der Waals surface area contributed by atoms with Crippen LogP contribution in [0.2, 0.25) is 5.02 Å². The number of aromatic nitrogens is 2. The van der Waals surface area contributed by atoms with E-state index in [1.165, 1.54) is 10.9 Å². The first-order valence-corrected chi connectivity index (χ1v) is 5.42. The van der Waals surface area contributed by atoms with E-state index in [9.17, 15) is 9.59 Å². The highest BCUT2D eigenvalue weighted by atomic mass is 35.5. The first-order valence-electron chi connectivity index (χ1n) is 4.66. The molecule has 88 valence electrons.